The van der Waals surface area contributed by atoms with E-state index >= 15 is 0 Å². The van der Waals surface area contributed by atoms with Crippen molar-refractivity contribution < 1.29 is 14.6 Å². The van der Waals surface area contributed by atoms with Crippen LogP contribution in [0.25, 0.3) is 22.2 Å². The molecule has 0 unspecified atom stereocenters. The Morgan fingerprint density at radius 1 is 0.900 bits per heavy atom. The summed E-state index contributed by atoms with van der Waals surface area (Å²) in [5.74, 6) is 1.74. The van der Waals surface area contributed by atoms with E-state index in [1.807, 2.05) is 36.4 Å². The Morgan fingerprint density at radius 2 is 1.65 bits per heavy atom. The predicted octanol–water partition coefficient (Wildman–Crippen LogP) is 3.34. The van der Waals surface area contributed by atoms with Gasteiger partial charge in [0.2, 0.25) is 6.79 Å². The van der Waals surface area contributed by atoms with E-state index in [1.54, 1.807) is 12.1 Å². The van der Waals surface area contributed by atoms with Crippen LogP contribution in [0.15, 0.2) is 48.5 Å². The summed E-state index contributed by atoms with van der Waals surface area (Å²) >= 11 is 0. The molecule has 0 saturated carbocycles. The van der Waals surface area contributed by atoms with E-state index < -0.39 is 0 Å². The third kappa shape index (κ3) is 1.73. The second kappa shape index (κ2) is 4.13. The molecule has 0 bridgehead atoms. The first kappa shape index (κ1) is 11.1. The van der Waals surface area contributed by atoms with Gasteiger partial charge in [-0.1, -0.05) is 6.07 Å². The van der Waals surface area contributed by atoms with Crippen molar-refractivity contribution in [1.82, 2.24) is 4.98 Å². The standard InChI is InChI=1S/C16H11NO3/c18-12-4-1-10(2-5-12)13-6-3-11-7-15-16(20-9-19-15)8-14(11)17-13/h1-8,18H,9H2. The van der Waals surface area contributed by atoms with Gasteiger partial charge < -0.3 is 14.6 Å². The van der Waals surface area contributed by atoms with Crippen molar-refractivity contribution in [2.45, 2.75) is 0 Å². The highest BCUT2D eigenvalue weighted by molar-refractivity contribution is 5.85. The van der Waals surface area contributed by atoms with Crippen LogP contribution in [0.3, 0.4) is 0 Å². The number of fused-ring (bicyclic) bond motifs is 2. The fraction of sp³-hybridized carbons (Fsp3) is 0.0625. The number of aromatic hydroxyl groups is 1. The quantitative estimate of drug-likeness (QED) is 0.733. The van der Waals surface area contributed by atoms with E-state index in [0.29, 0.717) is 0 Å². The molecule has 1 aliphatic rings. The average Bonchev–Trinajstić information content (AvgIpc) is 2.92. The van der Waals surface area contributed by atoms with Gasteiger partial charge in [0.25, 0.3) is 0 Å². The number of hydrogen-bond acceptors (Lipinski definition) is 4. The van der Waals surface area contributed by atoms with Crippen LogP contribution in [0.4, 0.5) is 0 Å². The molecule has 3 aromatic rings. The maximum absolute atomic E-state index is 9.33. The molecular weight excluding hydrogens is 254 g/mol. The van der Waals surface area contributed by atoms with Crippen molar-refractivity contribution in [3.63, 3.8) is 0 Å². The highest BCUT2D eigenvalue weighted by Crippen LogP contribution is 2.36. The number of rotatable bonds is 1. The van der Waals surface area contributed by atoms with E-state index in [9.17, 15) is 5.11 Å². The van der Waals surface area contributed by atoms with Gasteiger partial charge in [-0.3, -0.25) is 0 Å². The van der Waals surface area contributed by atoms with Crippen LogP contribution < -0.4 is 9.47 Å². The van der Waals surface area contributed by atoms with Crippen LogP contribution in [0.1, 0.15) is 0 Å². The molecule has 2 heterocycles. The largest absolute Gasteiger partial charge is 0.508 e. The topological polar surface area (TPSA) is 51.6 Å². The second-order valence-corrected chi connectivity index (χ2v) is 4.64. The number of hydrogen-bond donors (Lipinski definition) is 1. The van der Waals surface area contributed by atoms with Crippen LogP contribution in [-0.2, 0) is 0 Å². The van der Waals surface area contributed by atoms with Gasteiger partial charge in [-0.25, -0.2) is 4.98 Å². The van der Waals surface area contributed by atoms with Crippen molar-refractivity contribution in [2.75, 3.05) is 6.79 Å². The third-order valence-electron chi connectivity index (χ3n) is 3.35. The normalized spacial score (nSPS) is 12.8. The van der Waals surface area contributed by atoms with Gasteiger partial charge in [-0.15, -0.1) is 0 Å². The number of aromatic nitrogens is 1. The maximum atomic E-state index is 9.33. The molecule has 4 rings (SSSR count). The van der Waals surface area contributed by atoms with Crippen LogP contribution in [0.2, 0.25) is 0 Å². The summed E-state index contributed by atoms with van der Waals surface area (Å²) in [6, 6.07) is 14.8. The molecule has 0 saturated heterocycles. The maximum Gasteiger partial charge on any atom is 0.231 e. The molecule has 0 atom stereocenters. The minimum absolute atomic E-state index is 0.248. The summed E-state index contributed by atoms with van der Waals surface area (Å²) < 4.78 is 10.7. The fourth-order valence-electron chi connectivity index (χ4n) is 2.31. The van der Waals surface area contributed by atoms with Crippen LogP contribution in [0.5, 0.6) is 17.2 Å². The summed E-state index contributed by atoms with van der Waals surface area (Å²) in [7, 11) is 0. The van der Waals surface area contributed by atoms with Gasteiger partial charge in [-0.2, -0.15) is 0 Å². The molecule has 0 fully saturated rings. The Labute approximate surface area is 115 Å². The molecule has 0 radical (unpaired) electrons. The van der Waals surface area contributed by atoms with Crippen molar-refractivity contribution in [2.24, 2.45) is 0 Å². The molecular formula is C16H11NO3. The number of nitrogens with zero attached hydrogens (tertiary/aromatic N) is 1. The summed E-state index contributed by atoms with van der Waals surface area (Å²) in [4.78, 5) is 4.64. The van der Waals surface area contributed by atoms with Crippen molar-refractivity contribution in [1.29, 1.82) is 0 Å². The molecule has 2 aromatic carbocycles. The van der Waals surface area contributed by atoms with E-state index in [4.69, 9.17) is 9.47 Å². The Balaban J connectivity index is 1.86. The first-order valence-electron chi connectivity index (χ1n) is 6.29. The summed E-state index contributed by atoms with van der Waals surface area (Å²) in [5.41, 5.74) is 2.68. The van der Waals surface area contributed by atoms with Gasteiger partial charge in [0.15, 0.2) is 11.5 Å². The lowest BCUT2D eigenvalue weighted by Gasteiger charge is -2.05. The Morgan fingerprint density at radius 3 is 2.45 bits per heavy atom. The zero-order chi connectivity index (χ0) is 13.5. The molecule has 1 aromatic heterocycles. The van der Waals surface area contributed by atoms with Crippen molar-refractivity contribution >= 4 is 10.9 Å². The number of phenolic OH excluding ortho intramolecular Hbond substituents is 1. The van der Waals surface area contributed by atoms with Crippen molar-refractivity contribution in [3.05, 3.63) is 48.5 Å². The fourth-order valence-corrected chi connectivity index (χ4v) is 2.31. The van der Waals surface area contributed by atoms with E-state index in [2.05, 4.69) is 4.98 Å². The first-order chi connectivity index (χ1) is 9.79. The molecule has 1 aliphatic heterocycles. The lowest BCUT2D eigenvalue weighted by Crippen LogP contribution is -1.92. The number of phenols is 1. The zero-order valence-electron chi connectivity index (χ0n) is 10.5. The minimum atomic E-state index is 0.248. The Kier molecular flexibility index (Phi) is 2.29. The minimum Gasteiger partial charge on any atom is -0.508 e. The highest BCUT2D eigenvalue weighted by Gasteiger charge is 2.14. The second-order valence-electron chi connectivity index (χ2n) is 4.64. The molecule has 0 amide bonds. The molecule has 20 heavy (non-hydrogen) atoms. The smallest absolute Gasteiger partial charge is 0.231 e. The van der Waals surface area contributed by atoms with E-state index in [1.165, 1.54) is 0 Å². The summed E-state index contributed by atoms with van der Waals surface area (Å²) in [5, 5.41) is 10.3. The molecule has 1 N–H and O–H groups in total. The van der Waals surface area contributed by atoms with E-state index in [0.717, 1.165) is 33.7 Å². The van der Waals surface area contributed by atoms with Crippen LogP contribution in [-0.4, -0.2) is 16.9 Å². The van der Waals surface area contributed by atoms with Gasteiger partial charge in [0.1, 0.15) is 5.75 Å². The SMILES string of the molecule is Oc1ccc(-c2ccc3cc4c(cc3n2)OCO4)cc1. The van der Waals surface area contributed by atoms with Gasteiger partial charge in [0, 0.05) is 17.0 Å². The predicted molar refractivity (Wildman–Crippen MR) is 75.0 cm³/mol. The van der Waals surface area contributed by atoms with E-state index in [-0.39, 0.29) is 12.5 Å². The third-order valence-corrected chi connectivity index (χ3v) is 3.35. The lowest BCUT2D eigenvalue weighted by atomic mass is 10.1. The number of pyridine rings is 1. The molecule has 0 aliphatic carbocycles. The molecule has 4 nitrogen and oxygen atoms in total. The van der Waals surface area contributed by atoms with Crippen molar-refractivity contribution in [3.8, 4) is 28.5 Å². The van der Waals surface area contributed by atoms with Gasteiger partial charge in [0.05, 0.1) is 11.2 Å². The number of ether oxygens (including phenoxy) is 2. The summed E-state index contributed by atoms with van der Waals surface area (Å²) in [6.07, 6.45) is 0. The Hall–Kier alpha value is -2.75. The lowest BCUT2D eigenvalue weighted by molar-refractivity contribution is 0.174. The molecule has 0 spiro atoms. The van der Waals surface area contributed by atoms with Crippen LogP contribution in [0, 0.1) is 0 Å². The van der Waals surface area contributed by atoms with Gasteiger partial charge >= 0.3 is 0 Å². The average molecular weight is 265 g/mol. The molecule has 4 heteroatoms. The zero-order valence-corrected chi connectivity index (χ0v) is 10.5. The number of benzene rings is 2. The highest BCUT2D eigenvalue weighted by atomic mass is 16.7. The first-order valence-corrected chi connectivity index (χ1v) is 6.29. The monoisotopic (exact) mass is 265 g/mol. The molecule has 98 valence electrons. The summed E-state index contributed by atoms with van der Waals surface area (Å²) in [6.45, 7) is 0.260. The Bertz CT molecular complexity index is 797. The van der Waals surface area contributed by atoms with Crippen LogP contribution >= 0.6 is 0 Å². The van der Waals surface area contributed by atoms with Gasteiger partial charge in [-0.05, 0) is 36.4 Å².